The first kappa shape index (κ1) is 28.4. The summed E-state index contributed by atoms with van der Waals surface area (Å²) in [5.74, 6) is -0.105. The molecule has 0 atom stereocenters. The van der Waals surface area contributed by atoms with E-state index in [4.69, 9.17) is 9.47 Å². The molecule has 10 nitrogen and oxygen atoms in total. The van der Waals surface area contributed by atoms with Crippen molar-refractivity contribution in [2.45, 2.75) is 77.9 Å². The summed E-state index contributed by atoms with van der Waals surface area (Å²) >= 11 is 0. The van der Waals surface area contributed by atoms with E-state index >= 15 is 0 Å². The predicted molar refractivity (Wildman–Crippen MR) is 147 cm³/mol. The van der Waals surface area contributed by atoms with Gasteiger partial charge in [-0.2, -0.15) is 5.10 Å². The summed E-state index contributed by atoms with van der Waals surface area (Å²) in [5, 5.41) is 7.84. The van der Waals surface area contributed by atoms with E-state index in [0.29, 0.717) is 64.0 Å². The number of amides is 3. The third-order valence-corrected chi connectivity index (χ3v) is 7.19. The second-order valence-corrected chi connectivity index (χ2v) is 11.4. The van der Waals surface area contributed by atoms with E-state index < -0.39 is 5.60 Å². The average molecular weight is 540 g/mol. The molecule has 2 aliphatic heterocycles. The van der Waals surface area contributed by atoms with E-state index in [1.54, 1.807) is 22.9 Å². The largest absolute Gasteiger partial charge is 0.450 e. The summed E-state index contributed by atoms with van der Waals surface area (Å²) in [7, 11) is 0. The van der Waals surface area contributed by atoms with Gasteiger partial charge in [-0.1, -0.05) is 12.1 Å². The molecule has 2 saturated heterocycles. The Kier molecular flexibility index (Phi) is 8.82. The van der Waals surface area contributed by atoms with Crippen LogP contribution in [0.25, 0.3) is 5.69 Å². The lowest BCUT2D eigenvalue weighted by Gasteiger charge is -2.34. The van der Waals surface area contributed by atoms with Gasteiger partial charge in [-0.05, 0) is 78.0 Å². The van der Waals surface area contributed by atoms with Crippen molar-refractivity contribution in [3.8, 4) is 5.69 Å². The van der Waals surface area contributed by atoms with Crippen LogP contribution in [0.4, 0.5) is 9.59 Å². The number of rotatable bonds is 5. The van der Waals surface area contributed by atoms with Gasteiger partial charge in [0.15, 0.2) is 0 Å². The second-order valence-electron chi connectivity index (χ2n) is 11.4. The average Bonchev–Trinajstić information content (AvgIpc) is 3.34. The molecule has 0 saturated carbocycles. The molecule has 2 aromatic rings. The highest BCUT2D eigenvalue weighted by Gasteiger charge is 2.33. The maximum atomic E-state index is 13.6. The maximum Gasteiger partial charge on any atom is 0.410 e. The van der Waals surface area contributed by atoms with Gasteiger partial charge < -0.3 is 24.6 Å². The van der Waals surface area contributed by atoms with Gasteiger partial charge in [0.1, 0.15) is 5.60 Å². The van der Waals surface area contributed by atoms with Crippen LogP contribution in [0.1, 0.15) is 80.9 Å². The monoisotopic (exact) mass is 539 g/mol. The van der Waals surface area contributed by atoms with Crippen LogP contribution >= 0.6 is 0 Å². The summed E-state index contributed by atoms with van der Waals surface area (Å²) in [5.41, 5.74) is 2.88. The number of piperidine rings is 2. The number of hydrogen-bond donors (Lipinski definition) is 1. The Hall–Kier alpha value is -3.56. The highest BCUT2D eigenvalue weighted by Crippen LogP contribution is 2.33. The van der Waals surface area contributed by atoms with Crippen LogP contribution in [0.5, 0.6) is 0 Å². The molecule has 3 amide bonds. The minimum Gasteiger partial charge on any atom is -0.450 e. The first-order chi connectivity index (χ1) is 18.6. The van der Waals surface area contributed by atoms with E-state index in [9.17, 15) is 14.4 Å². The van der Waals surface area contributed by atoms with Crippen molar-refractivity contribution in [3.05, 3.63) is 47.3 Å². The lowest BCUT2D eigenvalue weighted by Crippen LogP contribution is -2.47. The molecular formula is C29H41N5O5. The minimum absolute atomic E-state index is 0.0348. The summed E-state index contributed by atoms with van der Waals surface area (Å²) < 4.78 is 12.5. The Morgan fingerprint density at radius 1 is 1.00 bits per heavy atom. The second kappa shape index (κ2) is 12.1. The molecule has 212 valence electrons. The molecule has 2 aliphatic rings. The topological polar surface area (TPSA) is 106 Å². The van der Waals surface area contributed by atoms with Crippen molar-refractivity contribution in [2.24, 2.45) is 0 Å². The number of benzene rings is 1. The van der Waals surface area contributed by atoms with Crippen molar-refractivity contribution in [1.82, 2.24) is 24.9 Å². The van der Waals surface area contributed by atoms with Crippen LogP contribution in [-0.4, -0.2) is 82.1 Å². The van der Waals surface area contributed by atoms with Crippen molar-refractivity contribution >= 4 is 18.1 Å². The third kappa shape index (κ3) is 7.10. The SMILES string of the molecule is CCOC(=O)N1CCC(NC(=O)c2cnn(-c3cccc(C)c3)c2C2CCN(C(=O)OC(C)(C)C)CC2)CC1. The Morgan fingerprint density at radius 2 is 1.64 bits per heavy atom. The smallest absolute Gasteiger partial charge is 0.410 e. The number of likely N-dealkylation sites (tertiary alicyclic amines) is 2. The van der Waals surface area contributed by atoms with Crippen LogP contribution in [0, 0.1) is 6.92 Å². The van der Waals surface area contributed by atoms with Gasteiger partial charge in [0.2, 0.25) is 0 Å². The molecule has 1 aromatic carbocycles. The number of carbonyl (C=O) groups excluding carboxylic acids is 3. The molecule has 39 heavy (non-hydrogen) atoms. The first-order valence-electron chi connectivity index (χ1n) is 13.9. The summed E-state index contributed by atoms with van der Waals surface area (Å²) in [6.07, 6.45) is 3.78. The van der Waals surface area contributed by atoms with Crippen LogP contribution in [0.2, 0.25) is 0 Å². The zero-order valence-corrected chi connectivity index (χ0v) is 23.7. The molecule has 3 heterocycles. The number of nitrogens with one attached hydrogen (secondary N) is 1. The van der Waals surface area contributed by atoms with Gasteiger partial charge in [-0.25, -0.2) is 14.3 Å². The lowest BCUT2D eigenvalue weighted by atomic mass is 9.90. The Morgan fingerprint density at radius 3 is 2.26 bits per heavy atom. The van der Waals surface area contributed by atoms with E-state index in [-0.39, 0.29) is 30.1 Å². The molecule has 0 radical (unpaired) electrons. The molecule has 0 aliphatic carbocycles. The fraction of sp³-hybridized carbons (Fsp3) is 0.586. The first-order valence-corrected chi connectivity index (χ1v) is 13.9. The molecule has 1 N–H and O–H groups in total. The maximum absolute atomic E-state index is 13.6. The van der Waals surface area contributed by atoms with E-state index in [1.807, 2.05) is 50.6 Å². The molecule has 0 unspecified atom stereocenters. The minimum atomic E-state index is -0.546. The fourth-order valence-electron chi connectivity index (χ4n) is 5.24. The molecule has 0 spiro atoms. The summed E-state index contributed by atoms with van der Waals surface area (Å²) in [4.78, 5) is 41.7. The fourth-order valence-corrected chi connectivity index (χ4v) is 5.24. The quantitative estimate of drug-likeness (QED) is 0.593. The highest BCUT2D eigenvalue weighted by molar-refractivity contribution is 5.95. The zero-order chi connectivity index (χ0) is 28.2. The van der Waals surface area contributed by atoms with Gasteiger partial charge in [0.25, 0.3) is 5.91 Å². The molecule has 0 bridgehead atoms. The molecule has 1 aromatic heterocycles. The van der Waals surface area contributed by atoms with E-state index in [2.05, 4.69) is 16.5 Å². The standard InChI is InChI=1S/C29H41N5O5/c1-6-38-27(36)32-16-12-22(13-17-32)31-26(35)24-19-30-34(23-9-7-8-20(2)18-23)25(24)21-10-14-33(15-11-21)28(37)39-29(3,4)5/h7-9,18-19,21-22H,6,10-17H2,1-5H3,(H,31,35). The summed E-state index contributed by atoms with van der Waals surface area (Å²) in [6.45, 7) is 11.9. The van der Waals surface area contributed by atoms with Crippen molar-refractivity contribution in [3.63, 3.8) is 0 Å². The van der Waals surface area contributed by atoms with Gasteiger partial charge in [0, 0.05) is 38.1 Å². The number of aryl methyl sites for hydroxylation is 1. The Bertz CT molecular complexity index is 1170. The highest BCUT2D eigenvalue weighted by atomic mass is 16.6. The zero-order valence-electron chi connectivity index (χ0n) is 23.7. The van der Waals surface area contributed by atoms with E-state index in [0.717, 1.165) is 16.9 Å². The van der Waals surface area contributed by atoms with Crippen LogP contribution in [0.3, 0.4) is 0 Å². The third-order valence-electron chi connectivity index (χ3n) is 7.19. The molecule has 10 heteroatoms. The normalized spacial score (nSPS) is 17.2. The van der Waals surface area contributed by atoms with Gasteiger partial charge in [-0.3, -0.25) is 4.79 Å². The van der Waals surface area contributed by atoms with E-state index in [1.165, 1.54) is 0 Å². The van der Waals surface area contributed by atoms with Crippen molar-refractivity contribution in [1.29, 1.82) is 0 Å². The Labute approximate surface area is 230 Å². The van der Waals surface area contributed by atoms with Gasteiger partial charge in [-0.15, -0.1) is 0 Å². The number of carbonyl (C=O) groups is 3. The molecule has 4 rings (SSSR count). The van der Waals surface area contributed by atoms with Crippen LogP contribution < -0.4 is 5.32 Å². The number of aromatic nitrogens is 2. The van der Waals surface area contributed by atoms with Gasteiger partial charge >= 0.3 is 12.2 Å². The Balaban J connectivity index is 1.50. The molecule has 2 fully saturated rings. The van der Waals surface area contributed by atoms with Crippen LogP contribution in [-0.2, 0) is 9.47 Å². The summed E-state index contributed by atoms with van der Waals surface area (Å²) in [6, 6.07) is 8.03. The van der Waals surface area contributed by atoms with Crippen molar-refractivity contribution in [2.75, 3.05) is 32.8 Å². The predicted octanol–water partition coefficient (Wildman–Crippen LogP) is 4.65. The van der Waals surface area contributed by atoms with Gasteiger partial charge in [0.05, 0.1) is 29.7 Å². The number of hydrogen-bond acceptors (Lipinski definition) is 6. The van der Waals surface area contributed by atoms with Crippen LogP contribution in [0.15, 0.2) is 30.5 Å². The van der Waals surface area contributed by atoms with Crippen molar-refractivity contribution < 1.29 is 23.9 Å². The lowest BCUT2D eigenvalue weighted by molar-refractivity contribution is 0.0203. The molecular weight excluding hydrogens is 498 g/mol. The number of ether oxygens (including phenoxy) is 2. The number of nitrogens with zero attached hydrogens (tertiary/aromatic N) is 4.